The van der Waals surface area contributed by atoms with Gasteiger partial charge < -0.3 is 4.90 Å². The van der Waals surface area contributed by atoms with Gasteiger partial charge in [-0.05, 0) is 24.1 Å². The van der Waals surface area contributed by atoms with E-state index in [1.54, 1.807) is 0 Å². The minimum Gasteiger partial charge on any atom is -0.421 e. The SMILES string of the molecule is [CH+]=C1C=C[CH-]C=C1N1CCCC1. The molecule has 0 aromatic carbocycles. The molecule has 0 amide bonds. The van der Waals surface area contributed by atoms with Crippen molar-refractivity contribution < 1.29 is 0 Å². The Morgan fingerprint density at radius 3 is 2.75 bits per heavy atom. The van der Waals surface area contributed by atoms with Gasteiger partial charge in [0.15, 0.2) is 0 Å². The van der Waals surface area contributed by atoms with Crippen molar-refractivity contribution in [2.75, 3.05) is 13.1 Å². The number of hydrogen-bond acceptors (Lipinski definition) is 1. The van der Waals surface area contributed by atoms with Gasteiger partial charge >= 0.3 is 0 Å². The number of likely N-dealkylation sites (tertiary alicyclic amines) is 1. The maximum Gasteiger partial charge on any atom is 0.00613 e. The Kier molecular flexibility index (Phi) is 1.89. The summed E-state index contributed by atoms with van der Waals surface area (Å²) in [5.74, 6) is 0. The van der Waals surface area contributed by atoms with E-state index < -0.39 is 0 Å². The van der Waals surface area contributed by atoms with Crippen LogP contribution in [0.3, 0.4) is 0 Å². The van der Waals surface area contributed by atoms with E-state index in [0.717, 1.165) is 18.7 Å². The third kappa shape index (κ3) is 1.24. The molecule has 0 radical (unpaired) electrons. The van der Waals surface area contributed by atoms with Crippen LogP contribution in [0, 0.1) is 13.0 Å². The van der Waals surface area contributed by atoms with E-state index in [2.05, 4.69) is 11.0 Å². The molecule has 0 spiro atoms. The van der Waals surface area contributed by atoms with E-state index in [0.29, 0.717) is 0 Å². The van der Waals surface area contributed by atoms with Crippen molar-refractivity contribution in [1.82, 2.24) is 4.90 Å². The summed E-state index contributed by atoms with van der Waals surface area (Å²) in [5, 5.41) is 0. The third-order valence-electron chi connectivity index (χ3n) is 2.38. The number of hydrogen-bond donors (Lipinski definition) is 0. The topological polar surface area (TPSA) is 3.24 Å². The smallest absolute Gasteiger partial charge is 0.00613 e. The molecule has 1 aliphatic carbocycles. The van der Waals surface area contributed by atoms with Gasteiger partial charge in [-0.15, -0.1) is 12.2 Å². The van der Waals surface area contributed by atoms with Crippen LogP contribution in [0.15, 0.2) is 29.5 Å². The second kappa shape index (κ2) is 3.04. The zero-order valence-corrected chi connectivity index (χ0v) is 7.16. The highest BCUT2D eigenvalue weighted by Crippen LogP contribution is 2.23. The second-order valence-corrected chi connectivity index (χ2v) is 3.25. The highest BCUT2D eigenvalue weighted by Gasteiger charge is 2.12. The first-order valence-corrected chi connectivity index (χ1v) is 4.47. The molecule has 1 saturated heterocycles. The lowest BCUT2D eigenvalue weighted by atomic mass is 10.1. The predicted molar refractivity (Wildman–Crippen MR) is 50.1 cm³/mol. The van der Waals surface area contributed by atoms with Gasteiger partial charge in [0.1, 0.15) is 0 Å². The summed E-state index contributed by atoms with van der Waals surface area (Å²) < 4.78 is 0. The van der Waals surface area contributed by atoms with Crippen molar-refractivity contribution in [1.29, 1.82) is 0 Å². The summed E-state index contributed by atoms with van der Waals surface area (Å²) >= 11 is 0. The molecule has 0 saturated carbocycles. The predicted octanol–water partition coefficient (Wildman–Crippen LogP) is 2.10. The fraction of sp³-hybridized carbons (Fsp3) is 0.364. The third-order valence-corrected chi connectivity index (χ3v) is 2.38. The van der Waals surface area contributed by atoms with E-state index in [1.165, 1.54) is 18.5 Å². The molecule has 62 valence electrons. The van der Waals surface area contributed by atoms with Gasteiger partial charge in [-0.1, -0.05) is 6.58 Å². The second-order valence-electron chi connectivity index (χ2n) is 3.25. The highest BCUT2D eigenvalue weighted by atomic mass is 15.1. The standard InChI is InChI=1S/C11H13N/c1-10-6-2-3-7-11(10)12-8-4-5-9-12/h1-3,6-7H,4-5,8-9H2. The van der Waals surface area contributed by atoms with Crippen LogP contribution in [0.25, 0.3) is 0 Å². The lowest BCUT2D eigenvalue weighted by Gasteiger charge is -2.28. The first-order chi connectivity index (χ1) is 5.88. The van der Waals surface area contributed by atoms with Crippen LogP contribution in [0.2, 0.25) is 0 Å². The van der Waals surface area contributed by atoms with Gasteiger partial charge in [-0.25, -0.2) is 0 Å². The van der Waals surface area contributed by atoms with Crippen molar-refractivity contribution in [3.63, 3.8) is 0 Å². The van der Waals surface area contributed by atoms with Crippen LogP contribution in [0.5, 0.6) is 0 Å². The normalized spacial score (nSPS) is 22.4. The Morgan fingerprint density at radius 2 is 2.08 bits per heavy atom. The molecule has 2 aliphatic rings. The average molecular weight is 159 g/mol. The maximum atomic E-state index is 5.86. The lowest BCUT2D eigenvalue weighted by molar-refractivity contribution is 0.435. The molecule has 0 atom stereocenters. The van der Waals surface area contributed by atoms with E-state index in [4.69, 9.17) is 6.58 Å². The zero-order chi connectivity index (χ0) is 8.39. The molecule has 1 heterocycles. The van der Waals surface area contributed by atoms with E-state index in [1.807, 2.05) is 18.6 Å². The Morgan fingerprint density at radius 1 is 1.33 bits per heavy atom. The van der Waals surface area contributed by atoms with E-state index >= 15 is 0 Å². The van der Waals surface area contributed by atoms with Gasteiger partial charge in [-0.2, -0.15) is 12.5 Å². The molecule has 0 aromatic heterocycles. The Hall–Kier alpha value is -1.20. The number of allylic oxidation sites excluding steroid dienone is 3. The zero-order valence-electron chi connectivity index (χ0n) is 7.16. The molecule has 1 nitrogen and oxygen atoms in total. The van der Waals surface area contributed by atoms with Crippen molar-refractivity contribution in [2.45, 2.75) is 12.8 Å². The summed E-state index contributed by atoms with van der Waals surface area (Å²) in [6.45, 7) is 8.18. The van der Waals surface area contributed by atoms with Crippen LogP contribution in [-0.2, 0) is 0 Å². The molecule has 2 rings (SSSR count). The van der Waals surface area contributed by atoms with Gasteiger partial charge in [0.25, 0.3) is 0 Å². The average Bonchev–Trinajstić information content (AvgIpc) is 2.57. The van der Waals surface area contributed by atoms with E-state index in [9.17, 15) is 0 Å². The molecule has 1 fully saturated rings. The molecule has 0 N–H and O–H groups in total. The Balaban J connectivity index is 2.11. The van der Waals surface area contributed by atoms with Crippen molar-refractivity contribution in [3.8, 4) is 0 Å². The summed E-state index contributed by atoms with van der Waals surface area (Å²) in [5.41, 5.74) is 2.11. The first-order valence-electron chi connectivity index (χ1n) is 4.47. The largest absolute Gasteiger partial charge is 0.421 e. The number of nitrogens with zero attached hydrogens (tertiary/aromatic N) is 1. The maximum absolute atomic E-state index is 5.86. The molecule has 12 heavy (non-hydrogen) atoms. The minimum atomic E-state index is 0.902. The summed E-state index contributed by atoms with van der Waals surface area (Å²) in [6, 6.07) is 0. The summed E-state index contributed by atoms with van der Waals surface area (Å²) in [7, 11) is 0. The van der Waals surface area contributed by atoms with Crippen LogP contribution < -0.4 is 0 Å². The van der Waals surface area contributed by atoms with Crippen LogP contribution >= 0.6 is 0 Å². The fourth-order valence-electron chi connectivity index (χ4n) is 1.73. The summed E-state index contributed by atoms with van der Waals surface area (Å²) in [4.78, 5) is 2.36. The molecule has 0 unspecified atom stereocenters. The van der Waals surface area contributed by atoms with Gasteiger partial charge in [0.05, 0.1) is 0 Å². The van der Waals surface area contributed by atoms with Crippen LogP contribution in [0.4, 0.5) is 0 Å². The Labute approximate surface area is 74.1 Å². The number of rotatable bonds is 1. The summed E-state index contributed by atoms with van der Waals surface area (Å²) in [6.07, 6.45) is 10.7. The Bertz CT molecular complexity index is 242. The van der Waals surface area contributed by atoms with Gasteiger partial charge in [0, 0.05) is 13.1 Å². The van der Waals surface area contributed by atoms with Crippen LogP contribution in [-0.4, -0.2) is 18.0 Å². The van der Waals surface area contributed by atoms with Gasteiger partial charge in [-0.3, -0.25) is 0 Å². The molecule has 1 aliphatic heterocycles. The lowest BCUT2D eigenvalue weighted by Crippen LogP contribution is -2.20. The fourth-order valence-corrected chi connectivity index (χ4v) is 1.73. The molecular formula is C11H13N. The van der Waals surface area contributed by atoms with Crippen molar-refractivity contribution >= 4 is 0 Å². The molecule has 0 aromatic rings. The minimum absolute atomic E-state index is 0.902. The molecular weight excluding hydrogens is 146 g/mol. The van der Waals surface area contributed by atoms with Gasteiger partial charge in [0.2, 0.25) is 0 Å². The quantitative estimate of drug-likeness (QED) is 0.530. The molecule has 0 bridgehead atoms. The van der Waals surface area contributed by atoms with Crippen LogP contribution in [0.1, 0.15) is 12.8 Å². The monoisotopic (exact) mass is 159 g/mol. The van der Waals surface area contributed by atoms with Crippen molar-refractivity contribution in [3.05, 3.63) is 42.5 Å². The highest BCUT2D eigenvalue weighted by molar-refractivity contribution is 5.43. The van der Waals surface area contributed by atoms with E-state index in [-0.39, 0.29) is 0 Å². The first kappa shape index (κ1) is 7.45. The molecule has 1 heteroatoms. The van der Waals surface area contributed by atoms with Crippen molar-refractivity contribution in [2.24, 2.45) is 0 Å².